The lowest BCUT2D eigenvalue weighted by Crippen LogP contribution is -2.42. The van der Waals surface area contributed by atoms with Crippen molar-refractivity contribution in [1.82, 2.24) is 15.8 Å². The summed E-state index contributed by atoms with van der Waals surface area (Å²) in [6.45, 7) is 7.72. The Hall–Kier alpha value is -1.82. The molecule has 0 aliphatic heterocycles. The molecule has 6 heteroatoms. The van der Waals surface area contributed by atoms with Crippen molar-refractivity contribution in [1.29, 1.82) is 0 Å². The molecule has 0 radical (unpaired) electrons. The first-order chi connectivity index (χ1) is 10.9. The van der Waals surface area contributed by atoms with E-state index in [2.05, 4.69) is 31.7 Å². The third-order valence-corrected chi connectivity index (χ3v) is 4.51. The Morgan fingerprint density at radius 3 is 2.57 bits per heavy atom. The molecule has 124 valence electrons. The highest BCUT2D eigenvalue weighted by Crippen LogP contribution is 2.22. The van der Waals surface area contributed by atoms with Gasteiger partial charge in [0.25, 0.3) is 0 Å². The third-order valence-electron chi connectivity index (χ3n) is 3.79. The maximum Gasteiger partial charge on any atom is 0.315 e. The Morgan fingerprint density at radius 2 is 1.96 bits per heavy atom. The van der Waals surface area contributed by atoms with Gasteiger partial charge in [-0.15, -0.1) is 0 Å². The van der Waals surface area contributed by atoms with E-state index in [0.29, 0.717) is 6.42 Å². The van der Waals surface area contributed by atoms with Crippen LogP contribution in [0.15, 0.2) is 33.3 Å². The van der Waals surface area contributed by atoms with Crippen LogP contribution >= 0.6 is 15.9 Å². The number of nitrogens with one attached hydrogen (secondary N) is 2. The fourth-order valence-corrected chi connectivity index (χ4v) is 3.14. The predicted molar refractivity (Wildman–Crippen MR) is 93.4 cm³/mol. The summed E-state index contributed by atoms with van der Waals surface area (Å²) in [5, 5.41) is 9.85. The number of rotatable bonds is 5. The molecule has 2 N–H and O–H groups in total. The van der Waals surface area contributed by atoms with Gasteiger partial charge in [0, 0.05) is 16.1 Å². The number of amides is 2. The minimum Gasteiger partial charge on any atom is -0.361 e. The monoisotopic (exact) mass is 379 g/mol. The Kier molecular flexibility index (Phi) is 5.82. The lowest BCUT2D eigenvalue weighted by molar-refractivity contribution is 0.234. The summed E-state index contributed by atoms with van der Waals surface area (Å²) in [5.41, 5.74) is 2.97. The summed E-state index contributed by atoms with van der Waals surface area (Å²) >= 11 is 3.50. The average molecular weight is 380 g/mol. The number of urea groups is 1. The van der Waals surface area contributed by atoms with Crippen LogP contribution in [0.5, 0.6) is 0 Å². The van der Waals surface area contributed by atoms with E-state index in [1.165, 1.54) is 0 Å². The second-order valence-corrected chi connectivity index (χ2v) is 6.62. The normalized spacial score (nSPS) is 13.4. The number of nitrogens with zero attached hydrogens (tertiary/aromatic N) is 1. The maximum absolute atomic E-state index is 12.2. The topological polar surface area (TPSA) is 67.2 Å². The average Bonchev–Trinajstić information content (AvgIpc) is 2.79. The van der Waals surface area contributed by atoms with Crippen LogP contribution in [0.3, 0.4) is 0 Å². The van der Waals surface area contributed by atoms with E-state index in [1.54, 1.807) is 0 Å². The molecule has 1 heterocycles. The molecule has 0 saturated heterocycles. The van der Waals surface area contributed by atoms with E-state index in [-0.39, 0.29) is 18.1 Å². The zero-order valence-electron chi connectivity index (χ0n) is 13.8. The molecule has 2 rings (SSSR count). The van der Waals surface area contributed by atoms with Crippen molar-refractivity contribution in [2.75, 3.05) is 0 Å². The second kappa shape index (κ2) is 7.64. The van der Waals surface area contributed by atoms with Crippen LogP contribution in [0.4, 0.5) is 4.79 Å². The lowest BCUT2D eigenvalue weighted by Gasteiger charge is -2.19. The fraction of sp³-hybridized carbons (Fsp3) is 0.412. The molecule has 2 atom stereocenters. The Labute approximate surface area is 145 Å². The molecule has 1 aromatic heterocycles. The van der Waals surface area contributed by atoms with Crippen molar-refractivity contribution in [2.45, 2.75) is 46.2 Å². The van der Waals surface area contributed by atoms with Gasteiger partial charge in [0.15, 0.2) is 0 Å². The molecule has 2 aromatic rings. The maximum atomic E-state index is 12.2. The first-order valence-electron chi connectivity index (χ1n) is 7.61. The summed E-state index contributed by atoms with van der Waals surface area (Å²) in [5.74, 6) is 0.804. The fourth-order valence-electron chi connectivity index (χ4n) is 2.52. The molecule has 23 heavy (non-hydrogen) atoms. The Morgan fingerprint density at radius 1 is 1.26 bits per heavy atom. The standard InChI is InChI=1S/C17H22BrN3O2/c1-10(9-15-12(3)21-23-13(15)4)19-17(22)20-11(2)14-7-5-6-8-16(14)18/h5-8,10-11H,9H2,1-4H3,(H2,19,20,22). The van der Waals surface area contributed by atoms with Crippen LogP contribution in [-0.4, -0.2) is 17.2 Å². The van der Waals surface area contributed by atoms with Gasteiger partial charge in [-0.25, -0.2) is 4.79 Å². The van der Waals surface area contributed by atoms with Crippen molar-refractivity contribution in [2.24, 2.45) is 0 Å². The molecule has 0 fully saturated rings. The summed E-state index contributed by atoms with van der Waals surface area (Å²) in [6, 6.07) is 7.57. The van der Waals surface area contributed by atoms with Gasteiger partial charge >= 0.3 is 6.03 Å². The van der Waals surface area contributed by atoms with E-state index in [9.17, 15) is 4.79 Å². The minimum absolute atomic E-state index is 0.0155. The Balaban J connectivity index is 1.90. The van der Waals surface area contributed by atoms with Crippen molar-refractivity contribution >= 4 is 22.0 Å². The van der Waals surface area contributed by atoms with E-state index in [1.807, 2.05) is 52.0 Å². The number of hydrogen-bond acceptors (Lipinski definition) is 3. The van der Waals surface area contributed by atoms with Gasteiger partial charge in [0.1, 0.15) is 5.76 Å². The number of carbonyl (C=O) groups excluding carboxylic acids is 1. The van der Waals surface area contributed by atoms with Gasteiger partial charge in [-0.05, 0) is 45.7 Å². The van der Waals surface area contributed by atoms with E-state index in [0.717, 1.165) is 27.1 Å². The quantitative estimate of drug-likeness (QED) is 0.823. The smallest absolute Gasteiger partial charge is 0.315 e. The van der Waals surface area contributed by atoms with Crippen LogP contribution in [-0.2, 0) is 6.42 Å². The summed E-state index contributed by atoms with van der Waals surface area (Å²) < 4.78 is 6.14. The molecular weight excluding hydrogens is 358 g/mol. The molecule has 0 saturated carbocycles. The zero-order chi connectivity index (χ0) is 17.0. The number of carbonyl (C=O) groups is 1. The highest BCUT2D eigenvalue weighted by atomic mass is 79.9. The van der Waals surface area contributed by atoms with E-state index in [4.69, 9.17) is 4.52 Å². The zero-order valence-corrected chi connectivity index (χ0v) is 15.4. The number of hydrogen-bond donors (Lipinski definition) is 2. The highest BCUT2D eigenvalue weighted by Gasteiger charge is 2.16. The van der Waals surface area contributed by atoms with Gasteiger partial charge in [-0.3, -0.25) is 0 Å². The van der Waals surface area contributed by atoms with Gasteiger partial charge in [0.05, 0.1) is 11.7 Å². The SMILES string of the molecule is Cc1noc(C)c1CC(C)NC(=O)NC(C)c1ccccc1Br. The number of benzene rings is 1. The van der Waals surface area contributed by atoms with E-state index >= 15 is 0 Å². The molecule has 5 nitrogen and oxygen atoms in total. The van der Waals surface area contributed by atoms with Gasteiger partial charge < -0.3 is 15.2 Å². The van der Waals surface area contributed by atoms with Crippen molar-refractivity contribution < 1.29 is 9.32 Å². The van der Waals surface area contributed by atoms with Gasteiger partial charge in [-0.2, -0.15) is 0 Å². The van der Waals surface area contributed by atoms with Gasteiger partial charge in [-0.1, -0.05) is 39.3 Å². The molecule has 2 unspecified atom stereocenters. The molecule has 0 aliphatic carbocycles. The summed E-state index contributed by atoms with van der Waals surface area (Å²) in [7, 11) is 0. The number of aromatic nitrogens is 1. The van der Waals surface area contributed by atoms with Crippen molar-refractivity contribution in [3.8, 4) is 0 Å². The van der Waals surface area contributed by atoms with Crippen LogP contribution in [0.1, 0.15) is 42.5 Å². The molecule has 0 bridgehead atoms. The molecule has 1 aromatic carbocycles. The first-order valence-corrected chi connectivity index (χ1v) is 8.41. The minimum atomic E-state index is -0.187. The number of halogens is 1. The summed E-state index contributed by atoms with van der Waals surface area (Å²) in [4.78, 5) is 12.2. The van der Waals surface area contributed by atoms with Crippen LogP contribution in [0.2, 0.25) is 0 Å². The van der Waals surface area contributed by atoms with Crippen LogP contribution in [0.25, 0.3) is 0 Å². The summed E-state index contributed by atoms with van der Waals surface area (Å²) in [6.07, 6.45) is 0.692. The van der Waals surface area contributed by atoms with Crippen LogP contribution < -0.4 is 10.6 Å². The highest BCUT2D eigenvalue weighted by molar-refractivity contribution is 9.10. The third kappa shape index (κ3) is 4.58. The predicted octanol–water partition coefficient (Wildman–Crippen LogP) is 4.05. The molecule has 2 amide bonds. The number of aryl methyl sites for hydroxylation is 2. The molecule has 0 spiro atoms. The van der Waals surface area contributed by atoms with Crippen molar-refractivity contribution in [3.05, 3.63) is 51.3 Å². The van der Waals surface area contributed by atoms with Crippen LogP contribution in [0, 0.1) is 13.8 Å². The second-order valence-electron chi connectivity index (χ2n) is 5.77. The largest absolute Gasteiger partial charge is 0.361 e. The Bertz CT molecular complexity index is 665. The molecular formula is C17H22BrN3O2. The first kappa shape index (κ1) is 17.5. The molecule has 0 aliphatic rings. The van der Waals surface area contributed by atoms with Gasteiger partial charge in [0.2, 0.25) is 0 Å². The van der Waals surface area contributed by atoms with E-state index < -0.39 is 0 Å². The lowest BCUT2D eigenvalue weighted by atomic mass is 10.1. The van der Waals surface area contributed by atoms with Crippen molar-refractivity contribution in [3.63, 3.8) is 0 Å².